The average molecular weight is 385 g/mol. The van der Waals surface area contributed by atoms with Gasteiger partial charge in [0, 0.05) is 12.0 Å². The minimum Gasteiger partial charge on any atom is -0.593 e. The lowest BCUT2D eigenvalue weighted by molar-refractivity contribution is 0.0739. The first-order valence-corrected chi connectivity index (χ1v) is 11.3. The molecule has 0 N–H and O–H groups in total. The van der Waals surface area contributed by atoms with Gasteiger partial charge < -0.3 is 9.45 Å². The van der Waals surface area contributed by atoms with Gasteiger partial charge in [0.25, 0.3) is 0 Å². The van der Waals surface area contributed by atoms with Crippen LogP contribution in [0.5, 0.6) is 0 Å². The van der Waals surface area contributed by atoms with E-state index in [1.54, 1.807) is 28.6 Å². The van der Waals surface area contributed by atoms with E-state index in [2.05, 4.69) is 30.0 Å². The van der Waals surface area contributed by atoms with Crippen molar-refractivity contribution in [3.05, 3.63) is 65.7 Å². The highest BCUT2D eigenvalue weighted by Gasteiger charge is 2.44. The number of benzene rings is 2. The van der Waals surface area contributed by atoms with Crippen molar-refractivity contribution in [2.45, 2.75) is 37.6 Å². The van der Waals surface area contributed by atoms with Gasteiger partial charge in [0.15, 0.2) is 15.3 Å². The molecule has 0 radical (unpaired) electrons. The van der Waals surface area contributed by atoms with E-state index < -0.39 is 10.4 Å². The maximum atomic E-state index is 13.4. The lowest BCUT2D eigenvalue weighted by Crippen LogP contribution is -2.51. The second-order valence-corrected chi connectivity index (χ2v) is 9.94. The summed E-state index contributed by atoms with van der Waals surface area (Å²) < 4.78 is 28.6. The Kier molecular flexibility index (Phi) is 5.21. The normalized spacial score (nSPS) is 26.3. The quantitative estimate of drug-likeness (QED) is 0.757. The van der Waals surface area contributed by atoms with Crippen LogP contribution in [0.1, 0.15) is 30.9 Å². The van der Waals surface area contributed by atoms with Crippen LogP contribution in [0.25, 0.3) is 0 Å². The molecule has 2 aromatic carbocycles. The van der Waals surface area contributed by atoms with Crippen molar-refractivity contribution < 1.29 is 8.76 Å². The topological polar surface area (TPSA) is 46.6 Å². The monoisotopic (exact) mass is 384 g/mol. The number of hydrogen-bond acceptors (Lipinski definition) is 3. The first kappa shape index (κ1) is 18.8. The summed E-state index contributed by atoms with van der Waals surface area (Å²) in [5, 5.41) is 0. The van der Waals surface area contributed by atoms with Gasteiger partial charge >= 0.3 is 0 Å². The molecule has 27 heavy (non-hydrogen) atoms. The number of rotatable bonds is 3. The zero-order chi connectivity index (χ0) is 18.9. The van der Waals surface area contributed by atoms with Crippen LogP contribution in [0.2, 0.25) is 0 Å². The van der Waals surface area contributed by atoms with Crippen molar-refractivity contribution in [2.24, 2.45) is 5.41 Å². The van der Waals surface area contributed by atoms with Gasteiger partial charge in [-0.25, -0.2) is 0 Å². The standard InChI is InChI=1S/C22H28N2O2S/c1-2-23-14-8-13-22(17-23)15-19-9-6-7-10-20(19)16-24(18-22)27(25,26)21-11-4-3-5-12-21/h3-7,9-12H,2,8,13-18H2,1H3. The van der Waals surface area contributed by atoms with Gasteiger partial charge in [0.05, 0.1) is 13.1 Å². The van der Waals surface area contributed by atoms with Crippen molar-refractivity contribution in [3.8, 4) is 0 Å². The lowest BCUT2D eigenvalue weighted by atomic mass is 9.75. The van der Waals surface area contributed by atoms with Gasteiger partial charge in [0.2, 0.25) is 0 Å². The molecule has 2 aromatic rings. The molecule has 0 aromatic heterocycles. The van der Waals surface area contributed by atoms with Gasteiger partial charge in [-0.15, -0.1) is 4.31 Å². The van der Waals surface area contributed by atoms with E-state index in [0.29, 0.717) is 18.0 Å². The third-order valence-electron chi connectivity index (χ3n) is 6.11. The minimum atomic E-state index is -3.51. The Morgan fingerprint density at radius 3 is 2.48 bits per heavy atom. The van der Waals surface area contributed by atoms with Crippen LogP contribution >= 0.6 is 0 Å². The van der Waals surface area contributed by atoms with Crippen LogP contribution in [0.4, 0.5) is 0 Å². The van der Waals surface area contributed by atoms with E-state index in [9.17, 15) is 8.76 Å². The van der Waals surface area contributed by atoms with Crippen molar-refractivity contribution in [1.29, 1.82) is 0 Å². The predicted octanol–water partition coefficient (Wildman–Crippen LogP) is 3.75. The highest BCUT2D eigenvalue weighted by Crippen LogP contribution is 2.40. The van der Waals surface area contributed by atoms with E-state index in [4.69, 9.17) is 0 Å². The van der Waals surface area contributed by atoms with E-state index in [-0.39, 0.29) is 5.41 Å². The third kappa shape index (κ3) is 3.74. The highest BCUT2D eigenvalue weighted by molar-refractivity contribution is 7.95. The van der Waals surface area contributed by atoms with Gasteiger partial charge in [-0.1, -0.05) is 53.6 Å². The maximum Gasteiger partial charge on any atom is 0.175 e. The van der Waals surface area contributed by atoms with Crippen LogP contribution in [0, 0.1) is 5.41 Å². The molecule has 4 rings (SSSR count). The van der Waals surface area contributed by atoms with Crippen LogP contribution in [-0.4, -0.2) is 39.9 Å². The molecule has 0 saturated carbocycles. The van der Waals surface area contributed by atoms with E-state index in [1.165, 1.54) is 5.56 Å². The third-order valence-corrected chi connectivity index (χ3v) is 7.92. The Morgan fingerprint density at radius 1 is 1.04 bits per heavy atom. The number of piperidine rings is 1. The van der Waals surface area contributed by atoms with Crippen molar-refractivity contribution >= 4 is 10.4 Å². The molecule has 2 unspecified atom stereocenters. The molecule has 1 saturated heterocycles. The Hall–Kier alpha value is -1.53. The fraction of sp³-hybridized carbons (Fsp3) is 0.455. The second-order valence-electron chi connectivity index (χ2n) is 8.00. The van der Waals surface area contributed by atoms with E-state index >= 15 is 0 Å². The number of hydrogen-bond donors (Lipinski definition) is 0. The molecule has 2 aliphatic heterocycles. The van der Waals surface area contributed by atoms with Crippen molar-refractivity contribution in [1.82, 2.24) is 9.21 Å². The fourth-order valence-corrected chi connectivity index (χ4v) is 6.28. The number of fused-ring (bicyclic) bond motifs is 1. The Bertz CT molecular complexity index is 841. The summed E-state index contributed by atoms with van der Waals surface area (Å²) in [6, 6.07) is 17.2. The Balaban J connectivity index is 1.75. The van der Waals surface area contributed by atoms with E-state index in [0.717, 1.165) is 44.5 Å². The Morgan fingerprint density at radius 2 is 1.74 bits per heavy atom. The summed E-state index contributed by atoms with van der Waals surface area (Å²) >= 11 is 0. The number of sulfonamides is 1. The summed E-state index contributed by atoms with van der Waals surface area (Å²) in [6.07, 6.45) is 3.17. The van der Waals surface area contributed by atoms with Gasteiger partial charge in [-0.2, -0.15) is 0 Å². The zero-order valence-corrected chi connectivity index (χ0v) is 16.8. The molecular formula is C22H28N2O2S. The smallest absolute Gasteiger partial charge is 0.175 e. The fourth-order valence-electron chi connectivity index (χ4n) is 4.73. The van der Waals surface area contributed by atoms with Gasteiger partial charge in [-0.05, 0) is 55.6 Å². The van der Waals surface area contributed by atoms with Crippen molar-refractivity contribution in [3.63, 3.8) is 0 Å². The summed E-state index contributed by atoms with van der Waals surface area (Å²) in [5.74, 6) is 0. The highest BCUT2D eigenvalue weighted by atomic mass is 32.3. The molecule has 5 heteroatoms. The van der Waals surface area contributed by atoms with Crippen molar-refractivity contribution in [2.75, 3.05) is 26.2 Å². The molecule has 2 heterocycles. The number of likely N-dealkylation sites (tertiary alicyclic amines) is 1. The van der Waals surface area contributed by atoms with Crippen LogP contribution in [0.15, 0.2) is 59.5 Å². The summed E-state index contributed by atoms with van der Waals surface area (Å²) in [4.78, 5) is 2.87. The molecule has 2 aliphatic rings. The second kappa shape index (κ2) is 7.47. The molecule has 1 spiro atoms. The minimum absolute atomic E-state index is 0.0112. The van der Waals surface area contributed by atoms with Crippen LogP contribution < -0.4 is 0 Å². The summed E-state index contributed by atoms with van der Waals surface area (Å²) in [5.41, 5.74) is 2.44. The molecular weight excluding hydrogens is 356 g/mol. The number of nitrogens with zero attached hydrogens (tertiary/aromatic N) is 2. The van der Waals surface area contributed by atoms with E-state index in [1.807, 2.05) is 12.1 Å². The molecule has 144 valence electrons. The van der Waals surface area contributed by atoms with Crippen LogP contribution in [-0.2, 0) is 27.6 Å². The first-order chi connectivity index (χ1) is 13.0. The van der Waals surface area contributed by atoms with Gasteiger partial charge in [0.1, 0.15) is 0 Å². The molecule has 1 fully saturated rings. The first-order valence-electron chi connectivity index (χ1n) is 9.87. The molecule has 2 atom stereocenters. The lowest BCUT2D eigenvalue weighted by Gasteiger charge is -2.44. The SMILES string of the molecule is CCN1CCCC2(Cc3ccccc3CN([S+](=O)([O-])c3ccccc3)C2)C1. The molecule has 0 bridgehead atoms. The predicted molar refractivity (Wildman–Crippen MR) is 108 cm³/mol. The van der Waals surface area contributed by atoms with Gasteiger partial charge in [-0.3, -0.25) is 0 Å². The zero-order valence-electron chi connectivity index (χ0n) is 16.0. The molecule has 0 amide bonds. The summed E-state index contributed by atoms with van der Waals surface area (Å²) in [6.45, 7) is 6.36. The average Bonchev–Trinajstić information content (AvgIpc) is 2.85. The molecule has 4 nitrogen and oxygen atoms in total. The van der Waals surface area contributed by atoms with Crippen LogP contribution in [0.3, 0.4) is 0 Å². The molecule has 0 aliphatic carbocycles. The Labute approximate surface area is 163 Å². The summed E-state index contributed by atoms with van der Waals surface area (Å²) in [7, 11) is -3.51. The maximum absolute atomic E-state index is 13.4. The largest absolute Gasteiger partial charge is 0.593 e.